The lowest BCUT2D eigenvalue weighted by Crippen LogP contribution is -2.34. The van der Waals surface area contributed by atoms with Crippen molar-refractivity contribution in [2.45, 2.75) is 26.1 Å². The molecule has 94 valence electrons. The third-order valence-corrected chi connectivity index (χ3v) is 2.55. The van der Waals surface area contributed by atoms with E-state index >= 15 is 0 Å². The van der Waals surface area contributed by atoms with Gasteiger partial charge in [-0.05, 0) is 36.4 Å². The number of hydrogen-bond acceptors (Lipinski definition) is 3. The van der Waals surface area contributed by atoms with Crippen LogP contribution in [0.25, 0.3) is 0 Å². The molecule has 1 aromatic rings. The molecule has 0 saturated heterocycles. The van der Waals surface area contributed by atoms with Gasteiger partial charge in [0.25, 0.3) is 0 Å². The van der Waals surface area contributed by atoms with Crippen molar-refractivity contribution in [3.63, 3.8) is 0 Å². The quantitative estimate of drug-likeness (QED) is 0.675. The van der Waals surface area contributed by atoms with Crippen LogP contribution in [0.15, 0.2) is 31.0 Å². The Kier molecular flexibility index (Phi) is 5.66. The van der Waals surface area contributed by atoms with Gasteiger partial charge in [-0.15, -0.1) is 0 Å². The number of hydrogen-bond donors (Lipinski definition) is 3. The van der Waals surface area contributed by atoms with Gasteiger partial charge in [0.05, 0.1) is 6.61 Å². The molecule has 0 aromatic heterocycles. The summed E-state index contributed by atoms with van der Waals surface area (Å²) in [6.07, 6.45) is 1.64. The van der Waals surface area contributed by atoms with Crippen molar-refractivity contribution in [3.05, 3.63) is 47.9 Å². The van der Waals surface area contributed by atoms with Gasteiger partial charge in [0.2, 0.25) is 0 Å². The van der Waals surface area contributed by atoms with E-state index in [9.17, 15) is 4.39 Å². The average Bonchev–Trinajstić information content (AvgIpc) is 2.34. The van der Waals surface area contributed by atoms with Crippen molar-refractivity contribution in [3.8, 4) is 0 Å². The molecule has 1 atom stereocenters. The highest BCUT2D eigenvalue weighted by Crippen LogP contribution is 2.11. The van der Waals surface area contributed by atoms with Crippen LogP contribution in [-0.4, -0.2) is 17.7 Å². The third kappa shape index (κ3) is 4.54. The Bertz CT molecular complexity index is 368. The van der Waals surface area contributed by atoms with Gasteiger partial charge >= 0.3 is 0 Å². The fraction of sp³-hybridized carbons (Fsp3) is 0.385. The molecule has 1 rings (SSSR count). The number of benzene rings is 1. The molecule has 0 bridgehead atoms. The Labute approximate surface area is 101 Å². The van der Waals surface area contributed by atoms with Crippen molar-refractivity contribution >= 4 is 0 Å². The topological polar surface area (TPSA) is 44.3 Å². The van der Waals surface area contributed by atoms with Gasteiger partial charge in [-0.25, -0.2) is 4.39 Å². The molecule has 0 aliphatic rings. The molecule has 0 saturated carbocycles. The Balaban J connectivity index is 2.55. The fourth-order valence-electron chi connectivity index (χ4n) is 1.53. The van der Waals surface area contributed by atoms with E-state index in [1.54, 1.807) is 12.3 Å². The molecular weight excluding hydrogens is 219 g/mol. The van der Waals surface area contributed by atoms with E-state index in [0.717, 1.165) is 17.7 Å². The summed E-state index contributed by atoms with van der Waals surface area (Å²) in [5, 5.41) is 15.4. The zero-order valence-corrected chi connectivity index (χ0v) is 10.0. The molecule has 0 amide bonds. The maximum absolute atomic E-state index is 13.1. The lowest BCUT2D eigenvalue weighted by atomic mass is 10.1. The van der Waals surface area contributed by atoms with E-state index in [1.165, 1.54) is 12.1 Å². The minimum atomic E-state index is -0.282. The van der Waals surface area contributed by atoms with Gasteiger partial charge in [-0.2, -0.15) is 0 Å². The Hall–Kier alpha value is -1.39. The molecule has 0 aliphatic carbocycles. The van der Waals surface area contributed by atoms with E-state index in [4.69, 9.17) is 5.11 Å². The summed E-state index contributed by atoms with van der Waals surface area (Å²) in [6, 6.07) is 4.66. The highest BCUT2D eigenvalue weighted by molar-refractivity contribution is 5.27. The fourth-order valence-corrected chi connectivity index (χ4v) is 1.53. The van der Waals surface area contributed by atoms with Crippen molar-refractivity contribution < 1.29 is 9.50 Å². The molecule has 0 spiro atoms. The van der Waals surface area contributed by atoms with Gasteiger partial charge in [-0.1, -0.05) is 12.6 Å². The van der Waals surface area contributed by atoms with Crippen LogP contribution in [0.5, 0.6) is 0 Å². The van der Waals surface area contributed by atoms with Crippen LogP contribution in [0.3, 0.4) is 0 Å². The van der Waals surface area contributed by atoms with Crippen LogP contribution in [0, 0.1) is 5.82 Å². The zero-order valence-electron chi connectivity index (χ0n) is 10.0. The third-order valence-electron chi connectivity index (χ3n) is 2.55. The minimum absolute atomic E-state index is 0.0728. The van der Waals surface area contributed by atoms with Crippen LogP contribution in [0.1, 0.15) is 18.1 Å². The van der Waals surface area contributed by atoms with Crippen LogP contribution in [0.4, 0.5) is 4.39 Å². The smallest absolute Gasteiger partial charge is 0.123 e. The summed E-state index contributed by atoms with van der Waals surface area (Å²) >= 11 is 0. The number of nitrogens with one attached hydrogen (secondary N) is 2. The second-order valence-electron chi connectivity index (χ2n) is 3.97. The van der Waals surface area contributed by atoms with Crippen LogP contribution in [0.2, 0.25) is 0 Å². The SMILES string of the molecule is C=CNCC(C)NCc1cc(F)ccc1CO. The maximum Gasteiger partial charge on any atom is 0.123 e. The summed E-state index contributed by atoms with van der Waals surface area (Å²) in [6.45, 7) is 6.81. The summed E-state index contributed by atoms with van der Waals surface area (Å²) in [5.74, 6) is -0.282. The monoisotopic (exact) mass is 238 g/mol. The number of halogens is 1. The van der Waals surface area contributed by atoms with Crippen LogP contribution >= 0.6 is 0 Å². The number of aliphatic hydroxyl groups excluding tert-OH is 1. The normalized spacial score (nSPS) is 12.2. The van der Waals surface area contributed by atoms with Gasteiger partial charge in [-0.3, -0.25) is 0 Å². The predicted molar refractivity (Wildman–Crippen MR) is 66.8 cm³/mol. The highest BCUT2D eigenvalue weighted by atomic mass is 19.1. The molecule has 1 unspecified atom stereocenters. The first-order valence-electron chi connectivity index (χ1n) is 5.63. The minimum Gasteiger partial charge on any atom is -0.392 e. The number of aliphatic hydroxyl groups is 1. The molecular formula is C13H19FN2O. The second kappa shape index (κ2) is 7.04. The first kappa shape index (κ1) is 13.7. The van der Waals surface area contributed by atoms with Crippen molar-refractivity contribution in [1.29, 1.82) is 0 Å². The lowest BCUT2D eigenvalue weighted by Gasteiger charge is -2.15. The van der Waals surface area contributed by atoms with Gasteiger partial charge in [0.15, 0.2) is 0 Å². The Morgan fingerprint density at radius 2 is 2.24 bits per heavy atom. The van der Waals surface area contributed by atoms with Crippen molar-refractivity contribution in [2.75, 3.05) is 6.54 Å². The van der Waals surface area contributed by atoms with Crippen LogP contribution < -0.4 is 10.6 Å². The molecule has 0 aliphatic heterocycles. The summed E-state index contributed by atoms with van der Waals surface area (Å²) in [4.78, 5) is 0. The zero-order chi connectivity index (χ0) is 12.7. The molecule has 0 fully saturated rings. The molecule has 3 N–H and O–H groups in total. The number of rotatable bonds is 7. The molecule has 1 aromatic carbocycles. The molecule has 17 heavy (non-hydrogen) atoms. The van der Waals surface area contributed by atoms with E-state index in [0.29, 0.717) is 6.54 Å². The van der Waals surface area contributed by atoms with Gasteiger partial charge in [0, 0.05) is 19.1 Å². The van der Waals surface area contributed by atoms with E-state index in [2.05, 4.69) is 17.2 Å². The lowest BCUT2D eigenvalue weighted by molar-refractivity contribution is 0.280. The van der Waals surface area contributed by atoms with Crippen LogP contribution in [-0.2, 0) is 13.2 Å². The first-order valence-corrected chi connectivity index (χ1v) is 5.63. The highest BCUT2D eigenvalue weighted by Gasteiger charge is 2.05. The average molecular weight is 238 g/mol. The Morgan fingerprint density at radius 1 is 1.47 bits per heavy atom. The van der Waals surface area contributed by atoms with Gasteiger partial charge in [0.1, 0.15) is 5.82 Å². The largest absolute Gasteiger partial charge is 0.392 e. The van der Waals surface area contributed by atoms with E-state index in [1.807, 2.05) is 6.92 Å². The molecule has 0 radical (unpaired) electrons. The summed E-state index contributed by atoms with van der Waals surface area (Å²) < 4.78 is 13.1. The molecule has 0 heterocycles. The van der Waals surface area contributed by atoms with Crippen molar-refractivity contribution in [2.24, 2.45) is 0 Å². The predicted octanol–water partition coefficient (Wildman–Crippen LogP) is 1.53. The van der Waals surface area contributed by atoms with E-state index < -0.39 is 0 Å². The second-order valence-corrected chi connectivity index (χ2v) is 3.97. The standard InChI is InChI=1S/C13H19FN2O/c1-3-15-7-10(2)16-8-12-6-13(14)5-4-11(12)9-17/h3-6,10,15-17H,1,7-9H2,2H3. The Morgan fingerprint density at radius 3 is 2.88 bits per heavy atom. The molecule has 4 heteroatoms. The van der Waals surface area contributed by atoms with E-state index in [-0.39, 0.29) is 18.5 Å². The summed E-state index contributed by atoms with van der Waals surface area (Å²) in [7, 11) is 0. The van der Waals surface area contributed by atoms with Gasteiger partial charge < -0.3 is 15.7 Å². The first-order chi connectivity index (χ1) is 8.17. The van der Waals surface area contributed by atoms with Crippen molar-refractivity contribution in [1.82, 2.24) is 10.6 Å². The molecule has 3 nitrogen and oxygen atoms in total. The maximum atomic E-state index is 13.1. The summed E-state index contributed by atoms with van der Waals surface area (Å²) in [5.41, 5.74) is 1.54.